The summed E-state index contributed by atoms with van der Waals surface area (Å²) in [5.41, 5.74) is 1.19. The van der Waals surface area contributed by atoms with Crippen molar-refractivity contribution in [1.82, 2.24) is 10.3 Å². The van der Waals surface area contributed by atoms with Crippen LogP contribution in [0.15, 0.2) is 36.7 Å². The number of hydrogen-bond acceptors (Lipinski definition) is 3. The molecule has 1 heterocycles. The minimum absolute atomic E-state index is 0. The van der Waals surface area contributed by atoms with Crippen molar-refractivity contribution in [3.8, 4) is 0 Å². The van der Waals surface area contributed by atoms with E-state index in [0.29, 0.717) is 0 Å². The highest BCUT2D eigenvalue weighted by Crippen LogP contribution is 2.21. The molecule has 0 aliphatic rings. The number of hydrogen-bond donors (Lipinski definition) is 2. The fourth-order valence-corrected chi connectivity index (χ4v) is 1.76. The van der Waals surface area contributed by atoms with E-state index in [1.54, 1.807) is 0 Å². The summed E-state index contributed by atoms with van der Waals surface area (Å²) >= 11 is 0. The summed E-state index contributed by atoms with van der Waals surface area (Å²) in [6.45, 7) is 2.03. The summed E-state index contributed by atoms with van der Waals surface area (Å²) in [7, 11) is 1.98. The van der Waals surface area contributed by atoms with Crippen molar-refractivity contribution in [3.05, 3.63) is 36.7 Å². The van der Waals surface area contributed by atoms with Crippen molar-refractivity contribution < 1.29 is 0 Å². The fraction of sp³-hybridized carbons (Fsp3) is 0.308. The zero-order valence-electron chi connectivity index (χ0n) is 9.94. The van der Waals surface area contributed by atoms with Gasteiger partial charge < -0.3 is 10.6 Å². The van der Waals surface area contributed by atoms with Crippen LogP contribution >= 0.6 is 12.4 Å². The van der Waals surface area contributed by atoms with Gasteiger partial charge in [0.25, 0.3) is 0 Å². The first-order valence-electron chi connectivity index (χ1n) is 5.63. The lowest BCUT2D eigenvalue weighted by molar-refractivity contribution is 0.748. The van der Waals surface area contributed by atoms with E-state index in [2.05, 4.69) is 39.9 Å². The van der Waals surface area contributed by atoms with Gasteiger partial charge >= 0.3 is 0 Å². The van der Waals surface area contributed by atoms with Crippen molar-refractivity contribution in [2.75, 3.05) is 25.5 Å². The third-order valence-electron chi connectivity index (χ3n) is 2.60. The Morgan fingerprint density at radius 1 is 1.18 bits per heavy atom. The van der Waals surface area contributed by atoms with Gasteiger partial charge in [-0.05, 0) is 32.1 Å². The smallest absolute Gasteiger partial charge is 0.0420 e. The Balaban J connectivity index is 0.00000144. The third-order valence-corrected chi connectivity index (χ3v) is 2.60. The van der Waals surface area contributed by atoms with Crippen LogP contribution in [-0.4, -0.2) is 25.1 Å². The van der Waals surface area contributed by atoms with E-state index < -0.39 is 0 Å². The third kappa shape index (κ3) is 3.58. The number of pyridine rings is 1. The predicted octanol–water partition coefficient (Wildman–Crippen LogP) is 2.68. The predicted molar refractivity (Wildman–Crippen MR) is 76.0 cm³/mol. The molecule has 0 saturated heterocycles. The topological polar surface area (TPSA) is 37.0 Å². The number of rotatable bonds is 5. The number of benzene rings is 1. The molecule has 1 aromatic heterocycles. The summed E-state index contributed by atoms with van der Waals surface area (Å²) in [5, 5.41) is 9.02. The standard InChI is InChI=1S/C13H17N3.ClH/c1-14-7-3-8-16-13-5-2-4-11-10-15-9-6-12(11)13;/h2,4-6,9-10,14,16H,3,7-8H2,1H3;1H. The van der Waals surface area contributed by atoms with Crippen molar-refractivity contribution in [2.45, 2.75) is 6.42 Å². The van der Waals surface area contributed by atoms with Gasteiger partial charge in [-0.1, -0.05) is 12.1 Å². The summed E-state index contributed by atoms with van der Waals surface area (Å²) in [6.07, 6.45) is 4.85. The Labute approximate surface area is 108 Å². The second kappa shape index (κ2) is 7.09. The summed E-state index contributed by atoms with van der Waals surface area (Å²) in [6, 6.07) is 8.31. The van der Waals surface area contributed by atoms with E-state index >= 15 is 0 Å². The Morgan fingerprint density at radius 3 is 2.88 bits per heavy atom. The van der Waals surface area contributed by atoms with Gasteiger partial charge in [0, 0.05) is 35.4 Å². The molecule has 2 aromatic rings. The lowest BCUT2D eigenvalue weighted by atomic mass is 10.1. The van der Waals surface area contributed by atoms with Crippen molar-refractivity contribution >= 4 is 28.9 Å². The van der Waals surface area contributed by atoms with E-state index in [4.69, 9.17) is 0 Å². The van der Waals surface area contributed by atoms with Crippen LogP contribution in [0.3, 0.4) is 0 Å². The van der Waals surface area contributed by atoms with Crippen LogP contribution in [0.1, 0.15) is 6.42 Å². The second-order valence-corrected chi connectivity index (χ2v) is 3.79. The minimum atomic E-state index is 0. The molecule has 3 nitrogen and oxygen atoms in total. The molecule has 0 aliphatic heterocycles. The first-order valence-corrected chi connectivity index (χ1v) is 5.63. The molecule has 0 radical (unpaired) electrons. The zero-order chi connectivity index (χ0) is 11.2. The molecule has 0 atom stereocenters. The molecule has 0 amide bonds. The molecule has 4 heteroatoms. The summed E-state index contributed by atoms with van der Waals surface area (Å²) < 4.78 is 0. The lowest BCUT2D eigenvalue weighted by Crippen LogP contribution is -2.12. The Morgan fingerprint density at radius 2 is 2.06 bits per heavy atom. The first-order chi connectivity index (χ1) is 7.92. The number of nitrogens with one attached hydrogen (secondary N) is 2. The molecule has 0 saturated carbocycles. The van der Waals surface area contributed by atoms with Gasteiger partial charge in [-0.3, -0.25) is 4.98 Å². The first kappa shape index (κ1) is 13.7. The van der Waals surface area contributed by atoms with Crippen LogP contribution < -0.4 is 10.6 Å². The molecule has 0 unspecified atom stereocenters. The Kier molecular flexibility index (Phi) is 5.73. The average Bonchev–Trinajstić information content (AvgIpc) is 2.35. The maximum absolute atomic E-state index is 4.13. The van der Waals surface area contributed by atoms with E-state index in [-0.39, 0.29) is 12.4 Å². The van der Waals surface area contributed by atoms with E-state index in [9.17, 15) is 0 Å². The Bertz CT molecular complexity index is 454. The molecule has 2 rings (SSSR count). The van der Waals surface area contributed by atoms with Crippen LogP contribution in [0.2, 0.25) is 0 Å². The van der Waals surface area contributed by atoms with E-state index in [1.807, 2.05) is 19.4 Å². The second-order valence-electron chi connectivity index (χ2n) is 3.79. The monoisotopic (exact) mass is 251 g/mol. The van der Waals surface area contributed by atoms with Gasteiger partial charge in [-0.2, -0.15) is 0 Å². The van der Waals surface area contributed by atoms with Gasteiger partial charge in [0.1, 0.15) is 0 Å². The summed E-state index contributed by atoms with van der Waals surface area (Å²) in [4.78, 5) is 4.13. The van der Waals surface area contributed by atoms with Gasteiger partial charge in [-0.15, -0.1) is 12.4 Å². The average molecular weight is 252 g/mol. The number of anilines is 1. The maximum Gasteiger partial charge on any atom is 0.0420 e. The molecule has 1 aromatic carbocycles. The molecular weight excluding hydrogens is 234 g/mol. The molecule has 0 fully saturated rings. The van der Waals surface area contributed by atoms with Crippen LogP contribution in [0.25, 0.3) is 10.8 Å². The van der Waals surface area contributed by atoms with Crippen LogP contribution in [0.4, 0.5) is 5.69 Å². The highest BCUT2D eigenvalue weighted by atomic mass is 35.5. The van der Waals surface area contributed by atoms with Gasteiger partial charge in [0.15, 0.2) is 0 Å². The minimum Gasteiger partial charge on any atom is -0.384 e. The van der Waals surface area contributed by atoms with Crippen molar-refractivity contribution in [1.29, 1.82) is 0 Å². The fourth-order valence-electron chi connectivity index (χ4n) is 1.76. The SMILES string of the molecule is CNCCCNc1cccc2cnccc12.Cl. The van der Waals surface area contributed by atoms with Gasteiger partial charge in [0.2, 0.25) is 0 Å². The Hall–Kier alpha value is -1.32. The van der Waals surface area contributed by atoms with Gasteiger partial charge in [0.05, 0.1) is 0 Å². The van der Waals surface area contributed by atoms with E-state index in [1.165, 1.54) is 16.5 Å². The molecular formula is C13H18ClN3. The van der Waals surface area contributed by atoms with Crippen LogP contribution in [-0.2, 0) is 0 Å². The molecule has 92 valence electrons. The van der Waals surface area contributed by atoms with Crippen molar-refractivity contribution in [2.24, 2.45) is 0 Å². The van der Waals surface area contributed by atoms with Gasteiger partial charge in [-0.25, -0.2) is 0 Å². The number of nitrogens with zero attached hydrogens (tertiary/aromatic N) is 1. The molecule has 0 spiro atoms. The number of halogens is 1. The molecule has 2 N–H and O–H groups in total. The molecule has 17 heavy (non-hydrogen) atoms. The highest BCUT2D eigenvalue weighted by Gasteiger charge is 1.98. The quantitative estimate of drug-likeness (QED) is 0.803. The van der Waals surface area contributed by atoms with Crippen LogP contribution in [0, 0.1) is 0 Å². The zero-order valence-corrected chi connectivity index (χ0v) is 10.8. The lowest BCUT2D eigenvalue weighted by Gasteiger charge is -2.09. The van der Waals surface area contributed by atoms with Crippen LogP contribution in [0.5, 0.6) is 0 Å². The molecule has 0 bridgehead atoms. The normalized spacial score (nSPS) is 9.94. The maximum atomic E-state index is 4.13. The molecule has 0 aliphatic carbocycles. The summed E-state index contributed by atoms with van der Waals surface area (Å²) in [5.74, 6) is 0. The number of aromatic nitrogens is 1. The number of fused-ring (bicyclic) bond motifs is 1. The largest absolute Gasteiger partial charge is 0.384 e. The van der Waals surface area contributed by atoms with E-state index in [0.717, 1.165) is 19.5 Å². The highest BCUT2D eigenvalue weighted by molar-refractivity contribution is 5.93. The van der Waals surface area contributed by atoms with Crippen molar-refractivity contribution in [3.63, 3.8) is 0 Å².